The highest BCUT2D eigenvalue weighted by Gasteiger charge is 2.25. The Morgan fingerprint density at radius 1 is 1.44 bits per heavy atom. The second kappa shape index (κ2) is 4.44. The Morgan fingerprint density at radius 2 is 2.19 bits per heavy atom. The summed E-state index contributed by atoms with van der Waals surface area (Å²) in [7, 11) is 0. The first kappa shape index (κ1) is 11.4. The third kappa shape index (κ3) is 2.20. The molecule has 1 aliphatic rings. The molecule has 0 bridgehead atoms. The molecule has 1 aromatic carbocycles. The summed E-state index contributed by atoms with van der Waals surface area (Å²) < 4.78 is 0. The van der Waals surface area contributed by atoms with Crippen molar-refractivity contribution >= 4 is 23.2 Å². The number of carbonyl (C=O) groups excluding carboxylic acids is 1. The summed E-state index contributed by atoms with van der Waals surface area (Å²) in [5.41, 5.74) is 1.88. The van der Waals surface area contributed by atoms with Gasteiger partial charge in [0.1, 0.15) is 0 Å². The molecule has 3 nitrogen and oxygen atoms in total. The highest BCUT2D eigenvalue weighted by atomic mass is 35.5. The predicted octanol–water partition coefficient (Wildman–Crippen LogP) is 2.41. The minimum absolute atomic E-state index is 0.0102. The molecule has 0 radical (unpaired) electrons. The lowest BCUT2D eigenvalue weighted by Gasteiger charge is -2.17. The summed E-state index contributed by atoms with van der Waals surface area (Å²) >= 11 is 5.90. The lowest BCUT2D eigenvalue weighted by atomic mass is 10.0. The zero-order valence-electron chi connectivity index (χ0n) is 9.38. The first-order chi connectivity index (χ1) is 7.58. The van der Waals surface area contributed by atoms with Crippen molar-refractivity contribution in [3.63, 3.8) is 0 Å². The molecule has 2 rings (SSSR count). The fourth-order valence-corrected chi connectivity index (χ4v) is 2.05. The van der Waals surface area contributed by atoms with Gasteiger partial charge in [-0.05, 0) is 23.6 Å². The summed E-state index contributed by atoms with van der Waals surface area (Å²) in [6.07, 6.45) is 0. The van der Waals surface area contributed by atoms with E-state index in [9.17, 15) is 4.79 Å². The van der Waals surface area contributed by atoms with Gasteiger partial charge in [-0.3, -0.25) is 4.79 Å². The number of nitrogens with one attached hydrogen (secondary N) is 2. The van der Waals surface area contributed by atoms with E-state index < -0.39 is 0 Å². The minimum atomic E-state index is -0.147. The number of anilines is 1. The second-order valence-electron chi connectivity index (χ2n) is 4.39. The molecule has 0 spiro atoms. The predicted molar refractivity (Wildman–Crippen MR) is 65.5 cm³/mol. The highest BCUT2D eigenvalue weighted by Crippen LogP contribution is 2.24. The number of carbonyl (C=O) groups is 1. The van der Waals surface area contributed by atoms with Gasteiger partial charge in [0, 0.05) is 17.3 Å². The molecule has 1 atom stereocenters. The molecule has 4 heteroatoms. The van der Waals surface area contributed by atoms with Crippen molar-refractivity contribution < 1.29 is 4.79 Å². The van der Waals surface area contributed by atoms with Gasteiger partial charge >= 0.3 is 0 Å². The van der Waals surface area contributed by atoms with E-state index in [2.05, 4.69) is 10.6 Å². The van der Waals surface area contributed by atoms with Crippen LogP contribution in [0.1, 0.15) is 19.4 Å². The number of halogens is 1. The number of hydrogen-bond donors (Lipinski definition) is 2. The lowest BCUT2D eigenvalue weighted by Crippen LogP contribution is -2.41. The van der Waals surface area contributed by atoms with Crippen molar-refractivity contribution in [3.8, 4) is 0 Å². The van der Waals surface area contributed by atoms with Crippen LogP contribution in [-0.4, -0.2) is 11.9 Å². The summed E-state index contributed by atoms with van der Waals surface area (Å²) in [5, 5.41) is 6.80. The molecule has 0 aromatic heterocycles. The van der Waals surface area contributed by atoms with Gasteiger partial charge in [-0.2, -0.15) is 0 Å². The van der Waals surface area contributed by atoms with E-state index >= 15 is 0 Å². The van der Waals surface area contributed by atoms with Crippen LogP contribution in [0.3, 0.4) is 0 Å². The van der Waals surface area contributed by atoms with Gasteiger partial charge in [0.05, 0.1) is 6.04 Å². The Labute approximate surface area is 100 Å². The molecule has 0 aliphatic carbocycles. The smallest absolute Gasteiger partial charge is 0.241 e. The topological polar surface area (TPSA) is 41.1 Å². The summed E-state index contributed by atoms with van der Waals surface area (Å²) in [4.78, 5) is 11.9. The minimum Gasteiger partial charge on any atom is -0.324 e. The van der Waals surface area contributed by atoms with Crippen LogP contribution in [0.5, 0.6) is 0 Å². The molecule has 1 aromatic rings. The van der Waals surface area contributed by atoms with Crippen molar-refractivity contribution in [1.82, 2.24) is 5.32 Å². The zero-order valence-corrected chi connectivity index (χ0v) is 10.1. The Bertz CT molecular complexity index is 417. The number of fused-ring (bicyclic) bond motifs is 1. The maximum atomic E-state index is 11.9. The highest BCUT2D eigenvalue weighted by molar-refractivity contribution is 6.31. The summed E-state index contributed by atoms with van der Waals surface area (Å²) in [6, 6.07) is 5.42. The average Bonchev–Trinajstić information content (AvgIpc) is 2.35. The third-order valence-corrected chi connectivity index (χ3v) is 3.03. The van der Waals surface area contributed by atoms with Crippen LogP contribution < -0.4 is 10.6 Å². The Balaban J connectivity index is 2.30. The molecule has 0 fully saturated rings. The zero-order chi connectivity index (χ0) is 11.7. The van der Waals surface area contributed by atoms with Crippen molar-refractivity contribution in [2.45, 2.75) is 26.4 Å². The van der Waals surface area contributed by atoms with Gasteiger partial charge < -0.3 is 10.6 Å². The van der Waals surface area contributed by atoms with Gasteiger partial charge in [-0.1, -0.05) is 31.5 Å². The van der Waals surface area contributed by atoms with E-state index in [4.69, 9.17) is 11.6 Å². The monoisotopic (exact) mass is 238 g/mol. The third-order valence-electron chi connectivity index (χ3n) is 2.79. The molecule has 16 heavy (non-hydrogen) atoms. The van der Waals surface area contributed by atoms with Crippen LogP contribution in [0.15, 0.2) is 18.2 Å². The van der Waals surface area contributed by atoms with Crippen LogP contribution in [-0.2, 0) is 11.3 Å². The van der Waals surface area contributed by atoms with Crippen LogP contribution in [0.2, 0.25) is 5.02 Å². The second-order valence-corrected chi connectivity index (χ2v) is 4.83. The van der Waals surface area contributed by atoms with E-state index in [1.165, 1.54) is 0 Å². The maximum Gasteiger partial charge on any atom is 0.241 e. The van der Waals surface area contributed by atoms with Gasteiger partial charge in [-0.15, -0.1) is 0 Å². The number of benzene rings is 1. The van der Waals surface area contributed by atoms with Gasteiger partial charge in [-0.25, -0.2) is 0 Å². The van der Waals surface area contributed by atoms with Gasteiger partial charge in [0.15, 0.2) is 0 Å². The number of amides is 1. The molecule has 0 saturated heterocycles. The molecule has 0 saturated carbocycles. The van der Waals surface area contributed by atoms with Gasteiger partial charge in [0.25, 0.3) is 0 Å². The molecular formula is C12H15ClN2O. The molecule has 1 aliphatic heterocycles. The SMILES string of the molecule is CC(C)C1NCc2ccc(Cl)cc2NC1=O. The van der Waals surface area contributed by atoms with Crippen molar-refractivity contribution in [1.29, 1.82) is 0 Å². The fraction of sp³-hybridized carbons (Fsp3) is 0.417. The van der Waals surface area contributed by atoms with E-state index in [1.807, 2.05) is 26.0 Å². The van der Waals surface area contributed by atoms with Gasteiger partial charge in [0.2, 0.25) is 5.91 Å². The van der Waals surface area contributed by atoms with Crippen molar-refractivity contribution in [3.05, 3.63) is 28.8 Å². The lowest BCUT2D eigenvalue weighted by molar-refractivity contribution is -0.119. The normalized spacial score (nSPS) is 20.2. The first-order valence-electron chi connectivity index (χ1n) is 5.40. The molecule has 86 valence electrons. The Kier molecular flexibility index (Phi) is 3.17. The van der Waals surface area contributed by atoms with E-state index in [1.54, 1.807) is 6.07 Å². The molecule has 1 heterocycles. The van der Waals surface area contributed by atoms with Crippen LogP contribution in [0.4, 0.5) is 5.69 Å². The molecular weight excluding hydrogens is 224 g/mol. The largest absolute Gasteiger partial charge is 0.324 e. The fourth-order valence-electron chi connectivity index (χ4n) is 1.88. The van der Waals surface area contributed by atoms with Crippen LogP contribution in [0, 0.1) is 5.92 Å². The maximum absolute atomic E-state index is 11.9. The number of rotatable bonds is 1. The number of hydrogen-bond acceptors (Lipinski definition) is 2. The van der Waals surface area contributed by atoms with E-state index in [-0.39, 0.29) is 17.9 Å². The van der Waals surface area contributed by atoms with Crippen molar-refractivity contribution in [2.24, 2.45) is 5.92 Å². The Morgan fingerprint density at radius 3 is 2.88 bits per heavy atom. The van der Waals surface area contributed by atoms with Crippen LogP contribution in [0.25, 0.3) is 0 Å². The Hall–Kier alpha value is -1.06. The average molecular weight is 239 g/mol. The standard InChI is InChI=1S/C12H15ClN2O/c1-7(2)11-12(16)15-10-5-9(13)4-3-8(10)6-14-11/h3-5,7,11,14H,6H2,1-2H3,(H,15,16). The van der Waals surface area contributed by atoms with E-state index in [0.717, 1.165) is 11.3 Å². The molecule has 2 N–H and O–H groups in total. The molecule has 1 unspecified atom stereocenters. The van der Waals surface area contributed by atoms with E-state index in [0.29, 0.717) is 11.6 Å². The summed E-state index contributed by atoms with van der Waals surface area (Å²) in [6.45, 7) is 4.74. The quantitative estimate of drug-likeness (QED) is 0.789. The summed E-state index contributed by atoms with van der Waals surface area (Å²) in [5.74, 6) is 0.279. The molecule has 1 amide bonds. The van der Waals surface area contributed by atoms with Crippen molar-refractivity contribution in [2.75, 3.05) is 5.32 Å². The van der Waals surface area contributed by atoms with Crippen LogP contribution >= 0.6 is 11.6 Å². The first-order valence-corrected chi connectivity index (χ1v) is 5.78.